The second-order valence-electron chi connectivity index (χ2n) is 3.50. The first-order valence-electron chi connectivity index (χ1n) is 4.85. The highest BCUT2D eigenvalue weighted by atomic mass is 32.1. The van der Waals surface area contributed by atoms with E-state index in [1.165, 1.54) is 17.5 Å². The molecule has 16 heavy (non-hydrogen) atoms. The van der Waals surface area contributed by atoms with Crippen LogP contribution in [0, 0.1) is 12.7 Å². The quantitative estimate of drug-likeness (QED) is 0.875. The molecular formula is C11H11FN2OS. The summed E-state index contributed by atoms with van der Waals surface area (Å²) in [5, 5.41) is 10.1. The molecule has 84 valence electrons. The number of aryl methyl sites for hydroxylation is 1. The van der Waals surface area contributed by atoms with E-state index in [1.807, 2.05) is 0 Å². The molecule has 2 aromatic rings. The highest BCUT2D eigenvalue weighted by molar-refractivity contribution is 7.15. The lowest BCUT2D eigenvalue weighted by molar-refractivity contribution is 0.202. The van der Waals surface area contributed by atoms with Gasteiger partial charge in [0.25, 0.3) is 0 Å². The molecule has 0 aliphatic rings. The van der Waals surface area contributed by atoms with E-state index < -0.39 is 11.9 Å². The molecule has 0 aromatic carbocycles. The van der Waals surface area contributed by atoms with Crippen molar-refractivity contribution >= 4 is 11.3 Å². The lowest BCUT2D eigenvalue weighted by atomic mass is 10.2. The molecule has 0 spiro atoms. The maximum absolute atomic E-state index is 13.5. The highest BCUT2D eigenvalue weighted by Crippen LogP contribution is 2.32. The van der Waals surface area contributed by atoms with Crippen molar-refractivity contribution in [3.05, 3.63) is 34.8 Å². The van der Waals surface area contributed by atoms with Crippen LogP contribution in [0.5, 0.6) is 0 Å². The molecule has 5 heteroatoms. The molecule has 2 rings (SSSR count). The number of nitrogens with zero attached hydrogens (tertiary/aromatic N) is 2. The minimum Gasteiger partial charge on any atom is -0.388 e. The van der Waals surface area contributed by atoms with E-state index in [9.17, 15) is 9.50 Å². The molecule has 0 saturated carbocycles. The molecule has 1 unspecified atom stereocenters. The number of aliphatic hydroxyl groups is 1. The first kappa shape index (κ1) is 11.2. The third-order valence-corrected chi connectivity index (χ3v) is 3.58. The maximum atomic E-state index is 13.5. The fourth-order valence-electron chi connectivity index (χ4n) is 1.46. The van der Waals surface area contributed by atoms with Gasteiger partial charge in [0.2, 0.25) is 0 Å². The molecule has 2 aromatic heterocycles. The van der Waals surface area contributed by atoms with Gasteiger partial charge in [-0.3, -0.25) is 4.98 Å². The Morgan fingerprint density at radius 2 is 2.25 bits per heavy atom. The molecule has 0 aliphatic carbocycles. The number of thiazole rings is 1. The first-order valence-corrected chi connectivity index (χ1v) is 5.66. The number of aromatic nitrogens is 2. The Balaban J connectivity index is 2.50. The molecule has 0 bridgehead atoms. The minimum atomic E-state index is -0.573. The Bertz CT molecular complexity index is 510. The van der Waals surface area contributed by atoms with Crippen LogP contribution in [0.4, 0.5) is 4.39 Å². The molecule has 0 saturated heterocycles. The number of hydrogen-bond acceptors (Lipinski definition) is 4. The smallest absolute Gasteiger partial charge is 0.151 e. The van der Waals surface area contributed by atoms with Gasteiger partial charge in [0.1, 0.15) is 5.01 Å². The first-order chi connectivity index (χ1) is 7.59. The van der Waals surface area contributed by atoms with Crippen molar-refractivity contribution in [3.8, 4) is 10.6 Å². The van der Waals surface area contributed by atoms with Gasteiger partial charge in [-0.25, -0.2) is 9.37 Å². The summed E-state index contributed by atoms with van der Waals surface area (Å²) in [7, 11) is 0. The van der Waals surface area contributed by atoms with E-state index in [0.717, 1.165) is 16.8 Å². The van der Waals surface area contributed by atoms with Crippen molar-refractivity contribution in [1.29, 1.82) is 0 Å². The molecule has 3 nitrogen and oxygen atoms in total. The lowest BCUT2D eigenvalue weighted by Gasteiger charge is -1.99. The van der Waals surface area contributed by atoms with E-state index in [2.05, 4.69) is 9.97 Å². The molecule has 1 atom stereocenters. The lowest BCUT2D eigenvalue weighted by Crippen LogP contribution is -1.88. The van der Waals surface area contributed by atoms with Gasteiger partial charge in [0, 0.05) is 11.8 Å². The van der Waals surface area contributed by atoms with Gasteiger partial charge in [-0.15, -0.1) is 11.3 Å². The summed E-state index contributed by atoms with van der Waals surface area (Å²) >= 11 is 1.31. The Morgan fingerprint density at radius 3 is 2.81 bits per heavy atom. The van der Waals surface area contributed by atoms with Crippen LogP contribution in [-0.4, -0.2) is 15.1 Å². The van der Waals surface area contributed by atoms with Crippen molar-refractivity contribution in [2.75, 3.05) is 0 Å². The van der Waals surface area contributed by atoms with Gasteiger partial charge < -0.3 is 5.11 Å². The molecule has 0 aliphatic heterocycles. The summed E-state index contributed by atoms with van der Waals surface area (Å²) in [5.41, 5.74) is 1.17. The highest BCUT2D eigenvalue weighted by Gasteiger charge is 2.15. The number of pyridine rings is 1. The van der Waals surface area contributed by atoms with Crippen LogP contribution in [0.15, 0.2) is 18.5 Å². The molecule has 0 radical (unpaired) electrons. The van der Waals surface area contributed by atoms with E-state index in [0.29, 0.717) is 10.6 Å². The molecular weight excluding hydrogens is 227 g/mol. The zero-order valence-corrected chi connectivity index (χ0v) is 9.75. The third kappa shape index (κ3) is 1.96. The average Bonchev–Trinajstić information content (AvgIpc) is 2.61. The SMILES string of the molecule is Cc1nc(-c2ccncc2F)sc1C(C)O. The van der Waals surface area contributed by atoms with Gasteiger partial charge >= 0.3 is 0 Å². The predicted octanol–water partition coefficient (Wildman–Crippen LogP) is 2.71. The van der Waals surface area contributed by atoms with Gasteiger partial charge in [0.05, 0.1) is 22.9 Å². The monoisotopic (exact) mass is 238 g/mol. The fourth-order valence-corrected chi connectivity index (χ4v) is 2.49. The van der Waals surface area contributed by atoms with Crippen molar-refractivity contribution in [1.82, 2.24) is 9.97 Å². The van der Waals surface area contributed by atoms with Crippen molar-refractivity contribution in [3.63, 3.8) is 0 Å². The van der Waals surface area contributed by atoms with E-state index >= 15 is 0 Å². The Hall–Kier alpha value is -1.33. The second-order valence-corrected chi connectivity index (χ2v) is 4.53. The van der Waals surface area contributed by atoms with Crippen LogP contribution in [0.2, 0.25) is 0 Å². The maximum Gasteiger partial charge on any atom is 0.151 e. The van der Waals surface area contributed by atoms with E-state index in [-0.39, 0.29) is 0 Å². The van der Waals surface area contributed by atoms with Crippen LogP contribution in [-0.2, 0) is 0 Å². The Morgan fingerprint density at radius 1 is 1.50 bits per heavy atom. The van der Waals surface area contributed by atoms with Gasteiger partial charge in [-0.05, 0) is 19.9 Å². The summed E-state index contributed by atoms with van der Waals surface area (Å²) in [6.45, 7) is 3.48. The summed E-state index contributed by atoms with van der Waals surface area (Å²) in [5.74, 6) is -0.395. The second kappa shape index (κ2) is 4.27. The number of aliphatic hydroxyl groups excluding tert-OH is 1. The number of hydrogen-bond donors (Lipinski definition) is 1. The average molecular weight is 238 g/mol. The largest absolute Gasteiger partial charge is 0.388 e. The fraction of sp³-hybridized carbons (Fsp3) is 0.273. The predicted molar refractivity (Wildman–Crippen MR) is 60.7 cm³/mol. The molecule has 1 N–H and O–H groups in total. The zero-order chi connectivity index (χ0) is 11.7. The van der Waals surface area contributed by atoms with Crippen LogP contribution in [0.1, 0.15) is 23.6 Å². The van der Waals surface area contributed by atoms with Crippen molar-refractivity contribution in [2.45, 2.75) is 20.0 Å². The summed E-state index contributed by atoms with van der Waals surface area (Å²) in [6.07, 6.45) is 2.11. The number of rotatable bonds is 2. The van der Waals surface area contributed by atoms with Crippen LogP contribution < -0.4 is 0 Å². The third-order valence-electron chi connectivity index (χ3n) is 2.21. The number of halogens is 1. The van der Waals surface area contributed by atoms with E-state index in [1.54, 1.807) is 19.9 Å². The zero-order valence-electron chi connectivity index (χ0n) is 8.94. The molecule has 0 amide bonds. The Labute approximate surface area is 96.6 Å². The normalized spacial score (nSPS) is 12.8. The summed E-state index contributed by atoms with van der Waals surface area (Å²) in [4.78, 5) is 8.71. The van der Waals surface area contributed by atoms with Gasteiger partial charge in [-0.2, -0.15) is 0 Å². The minimum absolute atomic E-state index is 0.395. The standard InChI is InChI=1S/C11H11FN2OS/c1-6-10(7(2)15)16-11(14-6)8-3-4-13-5-9(8)12/h3-5,7,15H,1-2H3. The van der Waals surface area contributed by atoms with Gasteiger partial charge in [0.15, 0.2) is 5.82 Å². The summed E-state index contributed by atoms with van der Waals surface area (Å²) in [6, 6.07) is 1.58. The topological polar surface area (TPSA) is 46.0 Å². The van der Waals surface area contributed by atoms with Crippen LogP contribution in [0.25, 0.3) is 10.6 Å². The van der Waals surface area contributed by atoms with Crippen LogP contribution >= 0.6 is 11.3 Å². The van der Waals surface area contributed by atoms with Crippen molar-refractivity contribution in [2.24, 2.45) is 0 Å². The summed E-state index contributed by atoms with van der Waals surface area (Å²) < 4.78 is 13.5. The molecule has 2 heterocycles. The van der Waals surface area contributed by atoms with Crippen LogP contribution in [0.3, 0.4) is 0 Å². The van der Waals surface area contributed by atoms with Crippen molar-refractivity contribution < 1.29 is 9.50 Å². The Kier molecular flexibility index (Phi) is 2.98. The van der Waals surface area contributed by atoms with Gasteiger partial charge in [-0.1, -0.05) is 0 Å². The van der Waals surface area contributed by atoms with E-state index in [4.69, 9.17) is 0 Å². The molecule has 0 fully saturated rings.